The number of primary amides is 1. The van der Waals surface area contributed by atoms with Gasteiger partial charge in [-0.25, -0.2) is 9.18 Å². The number of carbonyl (C=O) groups is 1. The Balaban J connectivity index is 2.08. The molecule has 5 nitrogen and oxygen atoms in total. The zero-order valence-electron chi connectivity index (χ0n) is 10.7. The van der Waals surface area contributed by atoms with Crippen molar-refractivity contribution < 1.29 is 13.9 Å². The largest absolute Gasteiger partial charge is 0.411 e. The number of aromatic amines is 1. The summed E-state index contributed by atoms with van der Waals surface area (Å²) in [7, 11) is 0. The molecule has 0 radical (unpaired) electrons. The lowest BCUT2D eigenvalue weighted by Gasteiger charge is -2.04. The van der Waals surface area contributed by atoms with Crippen LogP contribution in [0.2, 0.25) is 0 Å². The van der Waals surface area contributed by atoms with Crippen molar-refractivity contribution in [2.24, 2.45) is 5.73 Å². The number of aromatic nitrogens is 2. The van der Waals surface area contributed by atoms with Crippen LogP contribution in [0.1, 0.15) is 0 Å². The van der Waals surface area contributed by atoms with Crippen LogP contribution in [0.3, 0.4) is 0 Å². The Kier molecular flexibility index (Phi) is 3.49. The van der Waals surface area contributed by atoms with Gasteiger partial charge in [-0.15, -0.1) is 0 Å². The number of ether oxygens (including phenoxy) is 1. The number of rotatable bonds is 3. The zero-order valence-corrected chi connectivity index (χ0v) is 11.5. The van der Waals surface area contributed by atoms with Crippen molar-refractivity contribution >= 4 is 28.8 Å². The average Bonchev–Trinajstić information content (AvgIpc) is 2.76. The molecule has 0 saturated carbocycles. The van der Waals surface area contributed by atoms with Gasteiger partial charge >= 0.3 is 6.09 Å². The van der Waals surface area contributed by atoms with Crippen LogP contribution in [0.15, 0.2) is 52.5 Å². The number of amides is 1. The minimum Gasteiger partial charge on any atom is -0.392 e. The monoisotopic (exact) mass is 303 g/mol. The van der Waals surface area contributed by atoms with Crippen molar-refractivity contribution in [2.45, 2.75) is 9.79 Å². The highest BCUT2D eigenvalue weighted by molar-refractivity contribution is 7.99. The van der Waals surface area contributed by atoms with E-state index in [-0.39, 0.29) is 11.7 Å². The summed E-state index contributed by atoms with van der Waals surface area (Å²) >= 11 is 1.27. The number of halogens is 1. The van der Waals surface area contributed by atoms with Gasteiger partial charge in [-0.05, 0) is 24.3 Å². The van der Waals surface area contributed by atoms with Gasteiger partial charge in [0, 0.05) is 16.5 Å². The summed E-state index contributed by atoms with van der Waals surface area (Å²) in [5, 5.41) is 0.815. The molecule has 0 aliphatic rings. The van der Waals surface area contributed by atoms with Gasteiger partial charge in [-0.2, -0.15) is 0 Å². The van der Waals surface area contributed by atoms with Crippen molar-refractivity contribution in [2.75, 3.05) is 0 Å². The fourth-order valence-corrected chi connectivity index (χ4v) is 2.94. The van der Waals surface area contributed by atoms with Gasteiger partial charge in [0.2, 0.25) is 5.88 Å². The lowest BCUT2D eigenvalue weighted by molar-refractivity contribution is 0.208. The van der Waals surface area contributed by atoms with Gasteiger partial charge in [-0.3, -0.25) is 4.98 Å². The molecular weight excluding hydrogens is 293 g/mol. The number of nitrogens with zero attached hydrogens (tertiary/aromatic N) is 1. The number of nitrogens with one attached hydrogen (secondary N) is 1. The van der Waals surface area contributed by atoms with E-state index in [9.17, 15) is 9.18 Å². The van der Waals surface area contributed by atoms with Gasteiger partial charge in [-0.1, -0.05) is 17.8 Å². The van der Waals surface area contributed by atoms with Gasteiger partial charge in [0.05, 0.1) is 16.6 Å². The molecule has 3 aromatic rings. The van der Waals surface area contributed by atoms with Crippen molar-refractivity contribution in [3.63, 3.8) is 0 Å². The van der Waals surface area contributed by atoms with Crippen LogP contribution in [-0.2, 0) is 0 Å². The summed E-state index contributed by atoms with van der Waals surface area (Å²) in [6.07, 6.45) is 2.31. The molecule has 0 aliphatic carbocycles. The maximum atomic E-state index is 13.3. The maximum Gasteiger partial charge on any atom is 0.411 e. The first-order valence-corrected chi connectivity index (χ1v) is 6.81. The molecule has 2 aromatic heterocycles. The minimum absolute atomic E-state index is 0.222. The summed E-state index contributed by atoms with van der Waals surface area (Å²) in [6.45, 7) is 0. The highest BCUT2D eigenvalue weighted by atomic mass is 32.2. The third-order valence-corrected chi connectivity index (χ3v) is 3.84. The maximum absolute atomic E-state index is 13.3. The molecule has 1 amide bonds. The highest BCUT2D eigenvalue weighted by Gasteiger charge is 2.16. The summed E-state index contributed by atoms with van der Waals surface area (Å²) in [5.41, 5.74) is 5.77. The highest BCUT2D eigenvalue weighted by Crippen LogP contribution is 2.40. The molecule has 0 unspecified atom stereocenters. The Bertz CT molecular complexity index is 819. The Morgan fingerprint density at radius 3 is 3.00 bits per heavy atom. The summed E-state index contributed by atoms with van der Waals surface area (Å²) < 4.78 is 18.3. The van der Waals surface area contributed by atoms with Crippen molar-refractivity contribution in [3.8, 4) is 5.88 Å². The Morgan fingerprint density at radius 2 is 2.24 bits per heavy atom. The number of benzene rings is 1. The fraction of sp³-hybridized carbons (Fsp3) is 0. The number of fused-ring (bicyclic) bond motifs is 1. The van der Waals surface area contributed by atoms with Crippen molar-refractivity contribution in [3.05, 3.63) is 48.5 Å². The summed E-state index contributed by atoms with van der Waals surface area (Å²) in [4.78, 5) is 19.3. The van der Waals surface area contributed by atoms with Crippen LogP contribution in [0, 0.1) is 5.82 Å². The van der Waals surface area contributed by atoms with E-state index >= 15 is 0 Å². The minimum atomic E-state index is -0.921. The molecular formula is C14H10FN3O2S. The Morgan fingerprint density at radius 1 is 1.38 bits per heavy atom. The molecule has 7 heteroatoms. The number of hydrogen-bond acceptors (Lipinski definition) is 4. The number of H-pyrrole nitrogens is 1. The first-order chi connectivity index (χ1) is 10.1. The number of carbonyl (C=O) groups excluding carboxylic acids is 1. The van der Waals surface area contributed by atoms with E-state index < -0.39 is 6.09 Å². The molecule has 1 aromatic carbocycles. The predicted molar refractivity (Wildman–Crippen MR) is 76.8 cm³/mol. The second kappa shape index (κ2) is 5.45. The molecule has 0 fully saturated rings. The van der Waals surface area contributed by atoms with Gasteiger partial charge in [0.1, 0.15) is 5.82 Å². The van der Waals surface area contributed by atoms with E-state index in [2.05, 4.69) is 9.97 Å². The molecule has 0 spiro atoms. The Hall–Kier alpha value is -2.54. The molecule has 3 N–H and O–H groups in total. The first kappa shape index (κ1) is 13.4. The number of hydrogen-bond donors (Lipinski definition) is 2. The first-order valence-electron chi connectivity index (χ1n) is 6.00. The number of pyridine rings is 1. The van der Waals surface area contributed by atoms with Gasteiger partial charge in [0.15, 0.2) is 0 Å². The van der Waals surface area contributed by atoms with E-state index in [0.717, 1.165) is 5.39 Å². The average molecular weight is 303 g/mol. The van der Waals surface area contributed by atoms with Crippen LogP contribution in [-0.4, -0.2) is 16.1 Å². The van der Waals surface area contributed by atoms with Gasteiger partial charge in [0.25, 0.3) is 0 Å². The topological polar surface area (TPSA) is 81.0 Å². The quantitative estimate of drug-likeness (QED) is 0.777. The molecule has 2 heterocycles. The van der Waals surface area contributed by atoms with Crippen LogP contribution >= 0.6 is 11.8 Å². The third kappa shape index (κ3) is 2.82. The zero-order chi connectivity index (χ0) is 14.8. The molecule has 0 bridgehead atoms. The summed E-state index contributed by atoms with van der Waals surface area (Å²) in [6, 6.07) is 7.93. The van der Waals surface area contributed by atoms with E-state index in [0.29, 0.717) is 15.3 Å². The lowest BCUT2D eigenvalue weighted by Crippen LogP contribution is -2.16. The molecule has 106 valence electrons. The number of nitrogens with two attached hydrogens (primary N) is 1. The van der Waals surface area contributed by atoms with E-state index in [1.807, 2.05) is 0 Å². The Labute approximate surface area is 123 Å². The van der Waals surface area contributed by atoms with Crippen LogP contribution in [0.5, 0.6) is 5.88 Å². The van der Waals surface area contributed by atoms with Crippen molar-refractivity contribution in [1.29, 1.82) is 0 Å². The van der Waals surface area contributed by atoms with Crippen molar-refractivity contribution in [1.82, 2.24) is 9.97 Å². The molecule has 3 rings (SSSR count). The predicted octanol–water partition coefficient (Wildman–Crippen LogP) is 3.31. The van der Waals surface area contributed by atoms with Crippen LogP contribution < -0.4 is 10.5 Å². The van der Waals surface area contributed by atoms with Gasteiger partial charge < -0.3 is 15.5 Å². The van der Waals surface area contributed by atoms with E-state index in [1.54, 1.807) is 30.6 Å². The van der Waals surface area contributed by atoms with Crippen LogP contribution in [0.25, 0.3) is 10.9 Å². The molecule has 21 heavy (non-hydrogen) atoms. The molecule has 0 saturated heterocycles. The van der Waals surface area contributed by atoms with E-state index in [1.165, 1.54) is 23.9 Å². The standard InChI is InChI=1S/C14H10FN3O2S/c15-8-2-1-3-9(6-8)21-12-10-4-5-17-7-11(10)18-13(12)20-14(16)19/h1-7,18H,(H2,16,19). The second-order valence-corrected chi connectivity index (χ2v) is 5.27. The van der Waals surface area contributed by atoms with E-state index in [4.69, 9.17) is 10.5 Å². The van der Waals surface area contributed by atoms with Crippen LogP contribution in [0.4, 0.5) is 9.18 Å². The lowest BCUT2D eigenvalue weighted by atomic mass is 10.3. The fourth-order valence-electron chi connectivity index (χ4n) is 1.92. The molecule has 0 atom stereocenters. The summed E-state index contributed by atoms with van der Waals surface area (Å²) in [5.74, 6) is -0.112. The SMILES string of the molecule is NC(=O)Oc1[nH]c2cnccc2c1Sc1cccc(F)c1. The normalized spacial score (nSPS) is 10.7. The molecule has 0 aliphatic heterocycles. The second-order valence-electron chi connectivity index (χ2n) is 4.19. The third-order valence-electron chi connectivity index (χ3n) is 2.74. The smallest absolute Gasteiger partial charge is 0.392 e.